The zero-order valence-electron chi connectivity index (χ0n) is 19.0. The van der Waals surface area contributed by atoms with Crippen molar-refractivity contribution in [1.82, 2.24) is 8.87 Å². The highest BCUT2D eigenvalue weighted by Gasteiger charge is 2.30. The Labute approximate surface area is 198 Å². The molecule has 1 aliphatic heterocycles. The van der Waals surface area contributed by atoms with Crippen LogP contribution in [0.5, 0.6) is 0 Å². The fourth-order valence-electron chi connectivity index (χ4n) is 4.33. The van der Waals surface area contributed by atoms with E-state index >= 15 is 0 Å². The van der Waals surface area contributed by atoms with Gasteiger partial charge in [0.2, 0.25) is 10.0 Å². The highest BCUT2D eigenvalue weighted by molar-refractivity contribution is 7.89. The summed E-state index contributed by atoms with van der Waals surface area (Å²) in [5, 5.41) is 0. The van der Waals surface area contributed by atoms with Crippen LogP contribution < -0.4 is 4.80 Å². The quantitative estimate of drug-likeness (QED) is 0.523. The molecule has 0 radical (unpaired) electrons. The number of thiazole rings is 1. The third-order valence-electron chi connectivity index (χ3n) is 6.01. The first-order chi connectivity index (χ1) is 15.7. The van der Waals surface area contributed by atoms with Crippen LogP contribution in [0.4, 0.5) is 0 Å². The Balaban J connectivity index is 1.68. The van der Waals surface area contributed by atoms with Crippen LogP contribution in [-0.4, -0.2) is 35.8 Å². The van der Waals surface area contributed by atoms with Gasteiger partial charge in [-0.25, -0.2) is 8.42 Å². The number of aryl methyl sites for hydroxylation is 2. The number of amides is 1. The van der Waals surface area contributed by atoms with E-state index in [0.29, 0.717) is 23.5 Å². The Hall–Kier alpha value is -2.73. The molecular weight excluding hydrogens is 454 g/mol. The molecule has 1 amide bonds. The number of hydrogen-bond acceptors (Lipinski definition) is 4. The van der Waals surface area contributed by atoms with E-state index in [9.17, 15) is 13.2 Å². The van der Waals surface area contributed by atoms with Crippen LogP contribution in [-0.2, 0) is 16.6 Å². The summed E-state index contributed by atoms with van der Waals surface area (Å²) >= 11 is 1.43. The number of carbonyl (C=O) groups excluding carboxylic acids is 1. The molecule has 2 heterocycles. The second-order valence-electron chi connectivity index (χ2n) is 8.51. The Morgan fingerprint density at radius 3 is 2.61 bits per heavy atom. The maximum atomic E-state index is 13.0. The number of benzene rings is 2. The number of rotatable bonds is 4. The fourth-order valence-corrected chi connectivity index (χ4v) is 7.10. The van der Waals surface area contributed by atoms with Crippen molar-refractivity contribution in [3.8, 4) is 12.3 Å². The fraction of sp³-hybridized carbons (Fsp3) is 0.360. The van der Waals surface area contributed by atoms with Crippen LogP contribution in [0.1, 0.15) is 47.7 Å². The minimum atomic E-state index is -3.59. The third-order valence-corrected chi connectivity index (χ3v) is 9.27. The average Bonchev–Trinajstić information content (AvgIpc) is 3.11. The van der Waals surface area contributed by atoms with Gasteiger partial charge in [-0.05, 0) is 75.1 Å². The first-order valence-electron chi connectivity index (χ1n) is 11.0. The van der Waals surface area contributed by atoms with Gasteiger partial charge >= 0.3 is 0 Å². The van der Waals surface area contributed by atoms with Crippen LogP contribution in [0.3, 0.4) is 0 Å². The summed E-state index contributed by atoms with van der Waals surface area (Å²) in [4.78, 5) is 18.0. The van der Waals surface area contributed by atoms with Gasteiger partial charge in [-0.1, -0.05) is 29.7 Å². The molecule has 33 heavy (non-hydrogen) atoms. The molecule has 1 unspecified atom stereocenters. The first-order valence-corrected chi connectivity index (χ1v) is 13.2. The second kappa shape index (κ2) is 9.26. The average molecular weight is 482 g/mol. The summed E-state index contributed by atoms with van der Waals surface area (Å²) in [6, 6.07) is 10.2. The molecule has 3 aromatic rings. The summed E-state index contributed by atoms with van der Waals surface area (Å²) in [5.74, 6) is 2.21. The molecular formula is C25H27N3O3S2. The molecule has 0 bridgehead atoms. The summed E-state index contributed by atoms with van der Waals surface area (Å²) in [6.45, 7) is 6.82. The molecule has 1 atom stereocenters. The largest absolute Gasteiger partial charge is 0.305 e. The highest BCUT2D eigenvalue weighted by Crippen LogP contribution is 2.26. The summed E-state index contributed by atoms with van der Waals surface area (Å²) in [6.07, 6.45) is 8.34. The number of piperidine rings is 1. The van der Waals surface area contributed by atoms with Crippen molar-refractivity contribution in [1.29, 1.82) is 0 Å². The molecule has 1 aromatic heterocycles. The van der Waals surface area contributed by atoms with E-state index in [1.807, 2.05) is 31.4 Å². The van der Waals surface area contributed by atoms with Crippen molar-refractivity contribution in [2.24, 2.45) is 4.99 Å². The van der Waals surface area contributed by atoms with Crippen LogP contribution in [0.15, 0.2) is 46.3 Å². The molecule has 0 aliphatic carbocycles. The zero-order valence-corrected chi connectivity index (χ0v) is 20.7. The number of carbonyl (C=O) groups is 1. The van der Waals surface area contributed by atoms with Gasteiger partial charge in [-0.3, -0.25) is 4.79 Å². The van der Waals surface area contributed by atoms with Gasteiger partial charge in [0.15, 0.2) is 4.80 Å². The highest BCUT2D eigenvalue weighted by atomic mass is 32.2. The van der Waals surface area contributed by atoms with Gasteiger partial charge < -0.3 is 4.57 Å². The number of terminal acetylenes is 1. The lowest BCUT2D eigenvalue weighted by Gasteiger charge is -2.32. The summed E-state index contributed by atoms with van der Waals surface area (Å²) in [7, 11) is -3.59. The van der Waals surface area contributed by atoms with Crippen molar-refractivity contribution in [3.05, 3.63) is 57.9 Å². The zero-order chi connectivity index (χ0) is 23.8. The van der Waals surface area contributed by atoms with Gasteiger partial charge in [-0.2, -0.15) is 9.30 Å². The smallest absolute Gasteiger partial charge is 0.279 e. The van der Waals surface area contributed by atoms with Crippen LogP contribution in [0.2, 0.25) is 0 Å². The van der Waals surface area contributed by atoms with Crippen LogP contribution in [0.25, 0.3) is 10.2 Å². The molecule has 2 aromatic carbocycles. The topological polar surface area (TPSA) is 71.7 Å². The minimum absolute atomic E-state index is 0.0216. The van der Waals surface area contributed by atoms with E-state index in [-0.39, 0.29) is 10.9 Å². The molecule has 172 valence electrons. The number of aromatic nitrogens is 1. The maximum absolute atomic E-state index is 13.0. The first kappa shape index (κ1) is 23.4. The Kier molecular flexibility index (Phi) is 6.57. The molecule has 8 heteroatoms. The van der Waals surface area contributed by atoms with Crippen molar-refractivity contribution in [2.45, 2.75) is 57.5 Å². The monoisotopic (exact) mass is 481 g/mol. The van der Waals surface area contributed by atoms with Gasteiger partial charge in [0.25, 0.3) is 5.91 Å². The predicted octanol–water partition coefficient (Wildman–Crippen LogP) is 4.26. The molecule has 1 fully saturated rings. The van der Waals surface area contributed by atoms with Crippen LogP contribution >= 0.6 is 11.3 Å². The number of fused-ring (bicyclic) bond motifs is 1. The number of hydrogen-bond donors (Lipinski definition) is 0. The predicted molar refractivity (Wildman–Crippen MR) is 132 cm³/mol. The minimum Gasteiger partial charge on any atom is -0.305 e. The normalized spacial score (nSPS) is 17.9. The van der Waals surface area contributed by atoms with E-state index in [1.54, 1.807) is 4.31 Å². The van der Waals surface area contributed by atoms with E-state index < -0.39 is 15.9 Å². The van der Waals surface area contributed by atoms with Crippen molar-refractivity contribution in [2.75, 3.05) is 6.54 Å². The lowest BCUT2D eigenvalue weighted by atomic mass is 10.1. The maximum Gasteiger partial charge on any atom is 0.279 e. The van der Waals surface area contributed by atoms with Gasteiger partial charge in [-0.15, -0.1) is 6.42 Å². The van der Waals surface area contributed by atoms with Crippen molar-refractivity contribution in [3.63, 3.8) is 0 Å². The van der Waals surface area contributed by atoms with E-state index in [1.165, 1.54) is 35.6 Å². The number of nitrogens with zero attached hydrogens (tertiary/aromatic N) is 3. The molecule has 1 saturated heterocycles. The number of sulfonamides is 1. The van der Waals surface area contributed by atoms with E-state index in [4.69, 9.17) is 6.42 Å². The molecule has 0 N–H and O–H groups in total. The summed E-state index contributed by atoms with van der Waals surface area (Å²) < 4.78 is 30.6. The third kappa shape index (κ3) is 4.54. The summed E-state index contributed by atoms with van der Waals surface area (Å²) in [5.41, 5.74) is 3.51. The van der Waals surface area contributed by atoms with E-state index in [0.717, 1.165) is 40.6 Å². The standard InChI is InChI=1S/C25H27N3O3S2/c1-5-13-27-22-16-17(2)15-18(3)23(22)32-25(27)26-24(29)20-9-11-21(12-10-20)33(30,31)28-14-7-6-8-19(28)4/h1,9-12,15-16,19H,6-8,13-14H2,2-4H3. The van der Waals surface area contributed by atoms with Crippen molar-refractivity contribution >= 4 is 37.5 Å². The lowest BCUT2D eigenvalue weighted by molar-refractivity contribution is 0.0997. The van der Waals surface area contributed by atoms with Crippen molar-refractivity contribution < 1.29 is 13.2 Å². The molecule has 0 saturated carbocycles. The van der Waals surface area contributed by atoms with E-state index in [2.05, 4.69) is 17.0 Å². The van der Waals surface area contributed by atoms with Gasteiger partial charge in [0.05, 0.1) is 21.7 Å². The van der Waals surface area contributed by atoms with Gasteiger partial charge in [0, 0.05) is 18.2 Å². The Morgan fingerprint density at radius 2 is 1.94 bits per heavy atom. The van der Waals surface area contributed by atoms with Gasteiger partial charge in [0.1, 0.15) is 0 Å². The lowest BCUT2D eigenvalue weighted by Crippen LogP contribution is -2.41. The SMILES string of the molecule is C#CCn1c(=NC(=O)c2ccc(S(=O)(=O)N3CCCCC3C)cc2)sc2c(C)cc(C)cc21. The molecule has 1 aliphatic rings. The molecule has 0 spiro atoms. The molecule has 6 nitrogen and oxygen atoms in total. The van der Waals surface area contributed by atoms with Crippen LogP contribution in [0, 0.1) is 26.2 Å². The Bertz CT molecular complexity index is 1420. The Morgan fingerprint density at radius 1 is 1.21 bits per heavy atom. The molecule has 4 rings (SSSR count). The second-order valence-corrected chi connectivity index (χ2v) is 11.4.